The Hall–Kier alpha value is -0.430. The number of halogens is 1. The predicted molar refractivity (Wildman–Crippen MR) is 25.2 cm³/mol. The van der Waals surface area contributed by atoms with Gasteiger partial charge in [0.15, 0.2) is 0 Å². The standard InChI is InChI=1S/C4H3ClN/c5-4-2-1-3-6-4/h1-3H. The fraction of sp³-hybridized carbons (Fsp3) is 0. The summed E-state index contributed by atoms with van der Waals surface area (Å²) in [6.07, 6.45) is 5.19. The summed E-state index contributed by atoms with van der Waals surface area (Å²) in [7, 11) is 0. The minimum atomic E-state index is 0.565. The quantitative estimate of drug-likeness (QED) is 0.406. The monoisotopic (exact) mass is 100.0 g/mol. The third-order valence-corrected chi connectivity index (χ3v) is 0.741. The SMILES string of the molecule is ClC1=CC=C[N]1. The number of nitrogens with zero attached hydrogens (tertiary/aromatic N) is 1. The molecule has 0 saturated heterocycles. The molecule has 6 heavy (non-hydrogen) atoms. The van der Waals surface area contributed by atoms with E-state index in [1.54, 1.807) is 18.4 Å². The minimum Gasteiger partial charge on any atom is -0.245 e. The van der Waals surface area contributed by atoms with E-state index < -0.39 is 0 Å². The van der Waals surface area contributed by atoms with Crippen LogP contribution in [0.3, 0.4) is 0 Å². The molecule has 0 aromatic rings. The first kappa shape index (κ1) is 3.75. The highest BCUT2D eigenvalue weighted by molar-refractivity contribution is 6.29. The van der Waals surface area contributed by atoms with Gasteiger partial charge in [0.1, 0.15) is 5.16 Å². The highest BCUT2D eigenvalue weighted by atomic mass is 35.5. The summed E-state index contributed by atoms with van der Waals surface area (Å²) in [5.41, 5.74) is 0. The van der Waals surface area contributed by atoms with Gasteiger partial charge in [-0.05, 0) is 12.2 Å². The molecule has 0 aliphatic carbocycles. The van der Waals surface area contributed by atoms with Crippen molar-refractivity contribution in [2.24, 2.45) is 0 Å². The zero-order valence-corrected chi connectivity index (χ0v) is 3.81. The summed E-state index contributed by atoms with van der Waals surface area (Å²) in [4.78, 5) is 0. The van der Waals surface area contributed by atoms with Crippen LogP contribution in [-0.2, 0) is 0 Å². The lowest BCUT2D eigenvalue weighted by Gasteiger charge is -1.77. The maximum Gasteiger partial charge on any atom is 0.129 e. The highest BCUT2D eigenvalue weighted by Gasteiger charge is 1.89. The number of allylic oxidation sites excluding steroid dienone is 2. The van der Waals surface area contributed by atoms with Gasteiger partial charge in [0, 0.05) is 6.20 Å². The van der Waals surface area contributed by atoms with E-state index in [1.807, 2.05) is 0 Å². The van der Waals surface area contributed by atoms with Gasteiger partial charge in [-0.15, -0.1) is 0 Å². The summed E-state index contributed by atoms with van der Waals surface area (Å²) in [5, 5.41) is 4.25. The van der Waals surface area contributed by atoms with E-state index in [-0.39, 0.29) is 0 Å². The molecule has 2 heteroatoms. The van der Waals surface area contributed by atoms with Crippen molar-refractivity contribution in [1.29, 1.82) is 0 Å². The molecule has 0 atom stereocenters. The second-order valence-corrected chi connectivity index (χ2v) is 1.35. The van der Waals surface area contributed by atoms with E-state index in [0.29, 0.717) is 5.16 Å². The van der Waals surface area contributed by atoms with Crippen LogP contribution in [0.5, 0.6) is 0 Å². The molecule has 31 valence electrons. The van der Waals surface area contributed by atoms with E-state index in [9.17, 15) is 0 Å². The molecule has 1 nitrogen and oxygen atoms in total. The van der Waals surface area contributed by atoms with Gasteiger partial charge in [-0.25, -0.2) is 5.32 Å². The fourth-order valence-corrected chi connectivity index (χ4v) is 0.409. The summed E-state index contributed by atoms with van der Waals surface area (Å²) in [6, 6.07) is 0. The molecule has 0 aromatic carbocycles. The lowest BCUT2D eigenvalue weighted by Crippen LogP contribution is -1.78. The van der Waals surface area contributed by atoms with Crippen molar-refractivity contribution in [3.63, 3.8) is 0 Å². The molecule has 0 fully saturated rings. The second kappa shape index (κ2) is 1.35. The van der Waals surface area contributed by atoms with Gasteiger partial charge in [-0.3, -0.25) is 0 Å². The van der Waals surface area contributed by atoms with E-state index >= 15 is 0 Å². The molecule has 0 bridgehead atoms. The molecule has 1 radical (unpaired) electrons. The summed E-state index contributed by atoms with van der Waals surface area (Å²) in [6.45, 7) is 0. The topological polar surface area (TPSA) is 14.1 Å². The van der Waals surface area contributed by atoms with Crippen molar-refractivity contribution in [3.05, 3.63) is 23.5 Å². The molecule has 1 rings (SSSR count). The average molecular weight is 101 g/mol. The third kappa shape index (κ3) is 0.546. The highest BCUT2D eigenvalue weighted by Crippen LogP contribution is 2.02. The summed E-state index contributed by atoms with van der Waals surface area (Å²) >= 11 is 5.34. The third-order valence-electron chi connectivity index (χ3n) is 0.518. The molecular formula is C4H3ClN. The first-order valence-electron chi connectivity index (χ1n) is 1.63. The van der Waals surface area contributed by atoms with Crippen molar-refractivity contribution in [2.45, 2.75) is 0 Å². The molecule has 0 N–H and O–H groups in total. The zero-order chi connectivity index (χ0) is 4.41. The van der Waals surface area contributed by atoms with Crippen LogP contribution < -0.4 is 5.32 Å². The van der Waals surface area contributed by atoms with Crippen LogP contribution in [0, 0.1) is 0 Å². The Morgan fingerprint density at radius 3 is 2.67 bits per heavy atom. The van der Waals surface area contributed by atoms with Crippen LogP contribution in [0.25, 0.3) is 0 Å². The lowest BCUT2D eigenvalue weighted by molar-refractivity contribution is 1.17. The number of hydrogen-bond acceptors (Lipinski definition) is 0. The first-order valence-corrected chi connectivity index (χ1v) is 2.00. The van der Waals surface area contributed by atoms with Crippen LogP contribution in [0.1, 0.15) is 0 Å². The van der Waals surface area contributed by atoms with Crippen LogP contribution in [0.4, 0.5) is 0 Å². The molecule has 1 aliphatic heterocycles. The van der Waals surface area contributed by atoms with Crippen molar-refractivity contribution in [1.82, 2.24) is 5.32 Å². The van der Waals surface area contributed by atoms with Crippen LogP contribution >= 0.6 is 11.6 Å². The van der Waals surface area contributed by atoms with E-state index in [4.69, 9.17) is 11.6 Å². The Morgan fingerprint density at radius 1 is 1.67 bits per heavy atom. The fourth-order valence-electron chi connectivity index (χ4n) is 0.280. The van der Waals surface area contributed by atoms with Gasteiger partial charge in [0.25, 0.3) is 0 Å². The zero-order valence-electron chi connectivity index (χ0n) is 3.06. The van der Waals surface area contributed by atoms with Crippen LogP contribution in [0.2, 0.25) is 0 Å². The van der Waals surface area contributed by atoms with E-state index in [1.165, 1.54) is 0 Å². The molecule has 0 spiro atoms. The molecule has 1 aliphatic rings. The van der Waals surface area contributed by atoms with Gasteiger partial charge in [-0.2, -0.15) is 0 Å². The summed E-state index contributed by atoms with van der Waals surface area (Å²) < 4.78 is 0. The Kier molecular flexibility index (Phi) is 0.843. The van der Waals surface area contributed by atoms with Gasteiger partial charge in [0.05, 0.1) is 0 Å². The Balaban J connectivity index is 2.61. The molecule has 1 heterocycles. The van der Waals surface area contributed by atoms with Gasteiger partial charge in [0.2, 0.25) is 0 Å². The Morgan fingerprint density at radius 2 is 2.50 bits per heavy atom. The van der Waals surface area contributed by atoms with Crippen molar-refractivity contribution < 1.29 is 0 Å². The van der Waals surface area contributed by atoms with Crippen LogP contribution in [-0.4, -0.2) is 0 Å². The van der Waals surface area contributed by atoms with Crippen molar-refractivity contribution in [3.8, 4) is 0 Å². The maximum absolute atomic E-state index is 5.34. The van der Waals surface area contributed by atoms with Crippen LogP contribution in [0.15, 0.2) is 23.5 Å². The molecule has 0 saturated carbocycles. The van der Waals surface area contributed by atoms with Crippen molar-refractivity contribution in [2.75, 3.05) is 0 Å². The Labute approximate surface area is 41.3 Å². The molecule has 0 amide bonds. The largest absolute Gasteiger partial charge is 0.245 e. The number of hydrogen-bond donors (Lipinski definition) is 0. The molecule has 0 unspecified atom stereocenters. The van der Waals surface area contributed by atoms with Crippen molar-refractivity contribution >= 4 is 11.6 Å². The molecule has 0 aromatic heterocycles. The van der Waals surface area contributed by atoms with Gasteiger partial charge >= 0.3 is 0 Å². The maximum atomic E-state index is 5.34. The lowest BCUT2D eigenvalue weighted by atomic mass is 10.6. The normalized spacial score (nSPS) is 17.2. The predicted octanol–water partition coefficient (Wildman–Crippen LogP) is 1.20. The Bertz CT molecular complexity index is 104. The number of rotatable bonds is 0. The van der Waals surface area contributed by atoms with E-state index in [2.05, 4.69) is 5.32 Å². The van der Waals surface area contributed by atoms with Gasteiger partial charge < -0.3 is 0 Å². The second-order valence-electron chi connectivity index (χ2n) is 0.960. The van der Waals surface area contributed by atoms with E-state index in [0.717, 1.165) is 0 Å². The average Bonchev–Trinajstić information content (AvgIpc) is 1.86. The summed E-state index contributed by atoms with van der Waals surface area (Å²) in [5.74, 6) is 0. The first-order chi connectivity index (χ1) is 2.89. The smallest absolute Gasteiger partial charge is 0.129 e. The molecular weight excluding hydrogens is 97.5 g/mol. The van der Waals surface area contributed by atoms with Gasteiger partial charge in [-0.1, -0.05) is 11.6 Å². The minimum absolute atomic E-state index is 0.565.